The van der Waals surface area contributed by atoms with Crippen molar-refractivity contribution in [2.45, 2.75) is 13.0 Å². The topological polar surface area (TPSA) is 88.4 Å². The second kappa shape index (κ2) is 9.20. The van der Waals surface area contributed by atoms with Crippen molar-refractivity contribution in [1.29, 1.82) is 5.26 Å². The minimum absolute atomic E-state index is 0.211. The van der Waals surface area contributed by atoms with Crippen LogP contribution in [-0.4, -0.2) is 18.0 Å². The van der Waals surface area contributed by atoms with Crippen LogP contribution in [0.2, 0.25) is 0 Å². The smallest absolute Gasteiger partial charge is 0.342 e. The van der Waals surface area contributed by atoms with Crippen LogP contribution >= 0.6 is 0 Å². The molecule has 6 nitrogen and oxygen atoms in total. The van der Waals surface area contributed by atoms with Crippen LogP contribution in [0.25, 0.3) is 0 Å². The number of carbonyl (C=O) groups excluding carboxylic acids is 2. The predicted octanol–water partition coefficient (Wildman–Crippen LogP) is 4.53. The SMILES string of the molecule is C[C@H](OC(=O)c1ccccc1Oc1ccccc1)C(=O)Nc1cccc(C#N)c1. The van der Waals surface area contributed by atoms with E-state index in [4.69, 9.17) is 14.7 Å². The number of ether oxygens (including phenoxy) is 2. The number of carbonyl (C=O) groups is 2. The zero-order valence-corrected chi connectivity index (χ0v) is 15.7. The molecule has 0 bridgehead atoms. The first-order valence-electron chi connectivity index (χ1n) is 8.91. The molecule has 0 heterocycles. The number of para-hydroxylation sites is 2. The van der Waals surface area contributed by atoms with Gasteiger partial charge in [-0.3, -0.25) is 4.79 Å². The standard InChI is InChI=1S/C23H18N2O4/c1-16(22(26)25-18-9-7-8-17(14-18)15-24)28-23(27)20-12-5-6-13-21(20)29-19-10-3-2-4-11-19/h2-14,16H,1H3,(H,25,26)/t16-/m0/s1. The molecule has 6 heteroatoms. The number of nitrogens with one attached hydrogen (secondary N) is 1. The van der Waals surface area contributed by atoms with Crippen LogP contribution in [0.4, 0.5) is 5.69 Å². The largest absolute Gasteiger partial charge is 0.456 e. The molecule has 0 fully saturated rings. The van der Waals surface area contributed by atoms with Gasteiger partial charge >= 0.3 is 5.97 Å². The third-order valence-electron chi connectivity index (χ3n) is 3.99. The molecule has 0 aliphatic carbocycles. The van der Waals surface area contributed by atoms with E-state index in [0.29, 0.717) is 22.7 Å². The summed E-state index contributed by atoms with van der Waals surface area (Å²) in [5.74, 6) is -0.270. The summed E-state index contributed by atoms with van der Waals surface area (Å²) in [6, 6.07) is 24.2. The molecule has 0 aromatic heterocycles. The highest BCUT2D eigenvalue weighted by atomic mass is 16.5. The fourth-order valence-electron chi connectivity index (χ4n) is 2.53. The van der Waals surface area contributed by atoms with E-state index in [1.54, 1.807) is 54.6 Å². The normalized spacial score (nSPS) is 11.0. The van der Waals surface area contributed by atoms with Crippen molar-refractivity contribution in [1.82, 2.24) is 0 Å². The number of esters is 1. The van der Waals surface area contributed by atoms with Crippen LogP contribution in [0.1, 0.15) is 22.8 Å². The van der Waals surface area contributed by atoms with Gasteiger partial charge in [-0.15, -0.1) is 0 Å². The minimum Gasteiger partial charge on any atom is -0.456 e. The molecule has 0 aliphatic heterocycles. The molecule has 1 atom stereocenters. The van der Waals surface area contributed by atoms with E-state index >= 15 is 0 Å². The summed E-state index contributed by atoms with van der Waals surface area (Å²) in [4.78, 5) is 25.0. The lowest BCUT2D eigenvalue weighted by Gasteiger charge is -2.15. The Labute approximate surface area is 168 Å². The Morgan fingerprint density at radius 2 is 1.69 bits per heavy atom. The minimum atomic E-state index is -1.04. The van der Waals surface area contributed by atoms with Crippen molar-refractivity contribution < 1.29 is 19.1 Å². The lowest BCUT2D eigenvalue weighted by atomic mass is 10.2. The quantitative estimate of drug-likeness (QED) is 0.629. The number of hydrogen-bond donors (Lipinski definition) is 1. The molecule has 3 rings (SSSR count). The van der Waals surface area contributed by atoms with Crippen molar-refractivity contribution in [3.63, 3.8) is 0 Å². The second-order valence-electron chi connectivity index (χ2n) is 6.14. The number of anilines is 1. The summed E-state index contributed by atoms with van der Waals surface area (Å²) >= 11 is 0. The molecule has 144 valence electrons. The maximum absolute atomic E-state index is 12.6. The van der Waals surface area contributed by atoms with Gasteiger partial charge < -0.3 is 14.8 Å². The van der Waals surface area contributed by atoms with Crippen molar-refractivity contribution in [2.24, 2.45) is 0 Å². The fraction of sp³-hybridized carbons (Fsp3) is 0.0870. The van der Waals surface area contributed by atoms with Crippen molar-refractivity contribution in [3.8, 4) is 17.6 Å². The van der Waals surface area contributed by atoms with Crippen LogP contribution < -0.4 is 10.1 Å². The molecule has 29 heavy (non-hydrogen) atoms. The molecule has 0 saturated carbocycles. The maximum Gasteiger partial charge on any atom is 0.342 e. The van der Waals surface area contributed by atoms with Crippen LogP contribution in [0.15, 0.2) is 78.9 Å². The molecular weight excluding hydrogens is 368 g/mol. The molecule has 0 spiro atoms. The average molecular weight is 386 g/mol. The van der Waals surface area contributed by atoms with E-state index in [0.717, 1.165) is 0 Å². The van der Waals surface area contributed by atoms with E-state index in [2.05, 4.69) is 5.32 Å². The number of hydrogen-bond acceptors (Lipinski definition) is 5. The van der Waals surface area contributed by atoms with Crippen LogP contribution in [0.5, 0.6) is 11.5 Å². The van der Waals surface area contributed by atoms with Gasteiger partial charge in [0.05, 0.1) is 11.6 Å². The summed E-state index contributed by atoms with van der Waals surface area (Å²) in [5.41, 5.74) is 1.08. The van der Waals surface area contributed by atoms with E-state index in [9.17, 15) is 9.59 Å². The Morgan fingerprint density at radius 1 is 0.966 bits per heavy atom. The van der Waals surface area contributed by atoms with Gasteiger partial charge in [0.2, 0.25) is 0 Å². The lowest BCUT2D eigenvalue weighted by Crippen LogP contribution is -2.30. The zero-order valence-electron chi connectivity index (χ0n) is 15.7. The first-order valence-corrected chi connectivity index (χ1v) is 8.91. The Morgan fingerprint density at radius 3 is 2.45 bits per heavy atom. The van der Waals surface area contributed by atoms with E-state index in [-0.39, 0.29) is 5.56 Å². The number of rotatable bonds is 6. The Bertz CT molecular complexity index is 1060. The summed E-state index contributed by atoms with van der Waals surface area (Å²) in [6.07, 6.45) is -1.04. The fourth-order valence-corrected chi connectivity index (χ4v) is 2.53. The van der Waals surface area contributed by atoms with E-state index in [1.807, 2.05) is 24.3 Å². The molecule has 3 aromatic rings. The summed E-state index contributed by atoms with van der Waals surface area (Å²) in [6.45, 7) is 1.47. The summed E-state index contributed by atoms with van der Waals surface area (Å²) in [7, 11) is 0. The molecule has 1 N–H and O–H groups in total. The van der Waals surface area contributed by atoms with Crippen molar-refractivity contribution >= 4 is 17.6 Å². The summed E-state index contributed by atoms with van der Waals surface area (Å²) < 4.78 is 11.1. The summed E-state index contributed by atoms with van der Waals surface area (Å²) in [5, 5.41) is 11.6. The zero-order chi connectivity index (χ0) is 20.6. The molecule has 3 aromatic carbocycles. The molecular formula is C23H18N2O4. The van der Waals surface area contributed by atoms with Crippen molar-refractivity contribution in [2.75, 3.05) is 5.32 Å². The first kappa shape index (κ1) is 19.6. The van der Waals surface area contributed by atoms with Gasteiger partial charge in [-0.2, -0.15) is 5.26 Å². The monoisotopic (exact) mass is 386 g/mol. The first-order chi connectivity index (χ1) is 14.1. The van der Waals surface area contributed by atoms with Gasteiger partial charge in [-0.25, -0.2) is 4.79 Å². The Balaban J connectivity index is 1.68. The number of nitrogens with zero attached hydrogens (tertiary/aromatic N) is 1. The van der Waals surface area contributed by atoms with E-state index < -0.39 is 18.0 Å². The van der Waals surface area contributed by atoms with Crippen LogP contribution in [0, 0.1) is 11.3 Å². The Hall–Kier alpha value is -4.11. The molecule has 0 aliphatic rings. The molecule has 0 saturated heterocycles. The number of benzene rings is 3. The van der Waals surface area contributed by atoms with Gasteiger partial charge in [0.25, 0.3) is 5.91 Å². The van der Waals surface area contributed by atoms with Gasteiger partial charge in [-0.1, -0.05) is 36.4 Å². The Kier molecular flexibility index (Phi) is 6.23. The van der Waals surface area contributed by atoms with E-state index in [1.165, 1.54) is 13.0 Å². The van der Waals surface area contributed by atoms with Crippen LogP contribution in [-0.2, 0) is 9.53 Å². The highest BCUT2D eigenvalue weighted by molar-refractivity contribution is 5.98. The van der Waals surface area contributed by atoms with Gasteiger partial charge in [0.15, 0.2) is 6.10 Å². The third-order valence-corrected chi connectivity index (χ3v) is 3.99. The highest BCUT2D eigenvalue weighted by Gasteiger charge is 2.21. The second-order valence-corrected chi connectivity index (χ2v) is 6.14. The van der Waals surface area contributed by atoms with Gasteiger partial charge in [0, 0.05) is 5.69 Å². The molecule has 1 amide bonds. The number of amides is 1. The highest BCUT2D eigenvalue weighted by Crippen LogP contribution is 2.26. The van der Waals surface area contributed by atoms with Gasteiger partial charge in [0.1, 0.15) is 17.1 Å². The predicted molar refractivity (Wildman–Crippen MR) is 108 cm³/mol. The van der Waals surface area contributed by atoms with Crippen molar-refractivity contribution in [3.05, 3.63) is 90.0 Å². The molecule has 0 radical (unpaired) electrons. The number of nitriles is 1. The average Bonchev–Trinajstić information content (AvgIpc) is 2.75. The molecule has 0 unspecified atom stereocenters. The van der Waals surface area contributed by atoms with Gasteiger partial charge in [-0.05, 0) is 49.4 Å². The van der Waals surface area contributed by atoms with Crippen LogP contribution in [0.3, 0.4) is 0 Å². The lowest BCUT2D eigenvalue weighted by molar-refractivity contribution is -0.123. The third kappa shape index (κ3) is 5.21. The maximum atomic E-state index is 12.6.